The minimum absolute atomic E-state index is 0.127. The molecule has 4 nitrogen and oxygen atoms in total. The van der Waals surface area contributed by atoms with Gasteiger partial charge in [0.1, 0.15) is 5.76 Å². The second-order valence-electron chi connectivity index (χ2n) is 5.24. The van der Waals surface area contributed by atoms with Crippen molar-refractivity contribution in [3.8, 4) is 0 Å². The van der Waals surface area contributed by atoms with E-state index in [1.54, 1.807) is 24.3 Å². The average molecular weight is 342 g/mol. The first-order valence-corrected chi connectivity index (χ1v) is 7.97. The number of alkyl halides is 3. The van der Waals surface area contributed by atoms with Crippen molar-refractivity contribution in [3.05, 3.63) is 41.8 Å². The Morgan fingerprint density at radius 3 is 2.78 bits per heavy atom. The first kappa shape index (κ1) is 15.9. The van der Waals surface area contributed by atoms with Crippen LogP contribution in [0.3, 0.4) is 0 Å². The molecular formula is C15H13F3N2O2S. The van der Waals surface area contributed by atoms with E-state index in [-0.39, 0.29) is 5.69 Å². The summed E-state index contributed by atoms with van der Waals surface area (Å²) in [5, 5.41) is 6.30. The van der Waals surface area contributed by atoms with Crippen LogP contribution >= 0.6 is 11.8 Å². The molecule has 3 rings (SSSR count). The highest BCUT2D eigenvalue weighted by Gasteiger charge is 2.29. The van der Waals surface area contributed by atoms with Crippen molar-refractivity contribution in [1.29, 1.82) is 0 Å². The number of benzene rings is 1. The molecule has 0 aliphatic heterocycles. The van der Waals surface area contributed by atoms with Gasteiger partial charge in [-0.25, -0.2) is 0 Å². The van der Waals surface area contributed by atoms with Crippen molar-refractivity contribution in [2.24, 2.45) is 0 Å². The molecule has 1 N–H and O–H groups in total. The van der Waals surface area contributed by atoms with Crippen LogP contribution in [-0.2, 0) is 0 Å². The van der Waals surface area contributed by atoms with Gasteiger partial charge in [0.15, 0.2) is 5.69 Å². The quantitative estimate of drug-likeness (QED) is 0.815. The van der Waals surface area contributed by atoms with Gasteiger partial charge in [-0.1, -0.05) is 17.3 Å². The van der Waals surface area contributed by atoms with E-state index < -0.39 is 17.8 Å². The molecule has 1 aliphatic rings. The third-order valence-electron chi connectivity index (χ3n) is 3.27. The number of rotatable bonds is 5. The number of nitrogens with one attached hydrogen (secondary N) is 1. The highest BCUT2D eigenvalue weighted by molar-refractivity contribution is 7.99. The fourth-order valence-electron chi connectivity index (χ4n) is 2.00. The fourth-order valence-corrected chi connectivity index (χ4v) is 2.77. The summed E-state index contributed by atoms with van der Waals surface area (Å²) in [7, 11) is 0. The number of hydrogen-bond acceptors (Lipinski definition) is 4. The standard InChI is InChI=1S/C15H13F3N2O2S/c16-15(17,18)8-23-13-4-2-1-3-10(13)19-14(21)11-7-12(22-20-11)9-5-6-9/h1-4,7,9H,5-6,8H2,(H,19,21). The number of para-hydroxylation sites is 1. The number of aromatic nitrogens is 1. The number of amides is 1. The van der Waals surface area contributed by atoms with Crippen LogP contribution in [0, 0.1) is 0 Å². The van der Waals surface area contributed by atoms with E-state index in [9.17, 15) is 18.0 Å². The molecule has 1 fully saturated rings. The lowest BCUT2D eigenvalue weighted by atomic mass is 10.2. The van der Waals surface area contributed by atoms with Crippen LogP contribution in [0.5, 0.6) is 0 Å². The summed E-state index contributed by atoms with van der Waals surface area (Å²) in [6.07, 6.45) is -2.23. The van der Waals surface area contributed by atoms with Crippen LogP contribution in [0.2, 0.25) is 0 Å². The molecule has 1 aromatic carbocycles. The smallest absolute Gasteiger partial charge is 0.360 e. The predicted molar refractivity (Wildman–Crippen MR) is 79.7 cm³/mol. The molecule has 0 atom stereocenters. The Labute approximate surface area is 134 Å². The molecule has 1 saturated carbocycles. The molecule has 2 aromatic rings. The number of anilines is 1. The molecule has 1 amide bonds. The van der Waals surface area contributed by atoms with Gasteiger partial charge in [0.05, 0.1) is 11.4 Å². The number of thioether (sulfide) groups is 1. The monoisotopic (exact) mass is 342 g/mol. The Morgan fingerprint density at radius 2 is 2.09 bits per heavy atom. The molecule has 1 aromatic heterocycles. The van der Waals surface area contributed by atoms with Crippen LogP contribution in [0.1, 0.15) is 35.0 Å². The van der Waals surface area contributed by atoms with Gasteiger partial charge in [-0.15, -0.1) is 11.8 Å². The number of carbonyl (C=O) groups is 1. The third kappa shape index (κ3) is 4.28. The van der Waals surface area contributed by atoms with Gasteiger partial charge < -0.3 is 9.84 Å². The Balaban J connectivity index is 1.69. The Hall–Kier alpha value is -1.96. The molecule has 122 valence electrons. The van der Waals surface area contributed by atoms with E-state index in [0.717, 1.165) is 12.8 Å². The zero-order valence-corrected chi connectivity index (χ0v) is 12.7. The lowest BCUT2D eigenvalue weighted by Crippen LogP contribution is -2.14. The molecule has 0 bridgehead atoms. The maximum absolute atomic E-state index is 12.4. The van der Waals surface area contributed by atoms with Crippen LogP contribution in [0.25, 0.3) is 0 Å². The van der Waals surface area contributed by atoms with Crippen LogP contribution in [-0.4, -0.2) is 23.0 Å². The third-order valence-corrected chi connectivity index (χ3v) is 4.41. The van der Waals surface area contributed by atoms with Crippen molar-refractivity contribution in [2.45, 2.75) is 29.8 Å². The van der Waals surface area contributed by atoms with Crippen LogP contribution < -0.4 is 5.32 Å². The van der Waals surface area contributed by atoms with E-state index in [2.05, 4.69) is 10.5 Å². The lowest BCUT2D eigenvalue weighted by molar-refractivity contribution is -0.105. The molecule has 1 aliphatic carbocycles. The van der Waals surface area contributed by atoms with Crippen molar-refractivity contribution in [2.75, 3.05) is 11.1 Å². The summed E-state index contributed by atoms with van der Waals surface area (Å²) in [5.74, 6) is -0.510. The first-order valence-electron chi connectivity index (χ1n) is 6.99. The summed E-state index contributed by atoms with van der Waals surface area (Å²) >= 11 is 0.628. The van der Waals surface area contributed by atoms with E-state index in [0.29, 0.717) is 34.0 Å². The summed E-state index contributed by atoms with van der Waals surface area (Å²) in [6, 6.07) is 7.93. The molecule has 0 radical (unpaired) electrons. The maximum Gasteiger partial charge on any atom is 0.398 e. The van der Waals surface area contributed by atoms with Crippen molar-refractivity contribution >= 4 is 23.4 Å². The predicted octanol–water partition coefficient (Wildman–Crippen LogP) is 4.46. The van der Waals surface area contributed by atoms with Crippen molar-refractivity contribution < 1.29 is 22.5 Å². The Kier molecular flexibility index (Phi) is 4.34. The zero-order valence-electron chi connectivity index (χ0n) is 11.9. The van der Waals surface area contributed by atoms with Gasteiger partial charge in [-0.2, -0.15) is 13.2 Å². The molecule has 1 heterocycles. The van der Waals surface area contributed by atoms with Gasteiger partial charge in [-0.05, 0) is 25.0 Å². The molecule has 23 heavy (non-hydrogen) atoms. The van der Waals surface area contributed by atoms with E-state index >= 15 is 0 Å². The SMILES string of the molecule is O=C(Nc1ccccc1SCC(F)(F)F)c1cc(C2CC2)on1. The van der Waals surface area contributed by atoms with Gasteiger partial charge in [0.25, 0.3) is 5.91 Å². The highest BCUT2D eigenvalue weighted by atomic mass is 32.2. The normalized spacial score (nSPS) is 14.7. The summed E-state index contributed by atoms with van der Waals surface area (Å²) in [4.78, 5) is 12.5. The number of halogens is 3. The maximum atomic E-state index is 12.4. The van der Waals surface area contributed by atoms with Crippen molar-refractivity contribution in [3.63, 3.8) is 0 Å². The number of carbonyl (C=O) groups excluding carboxylic acids is 1. The molecule has 0 spiro atoms. The lowest BCUT2D eigenvalue weighted by Gasteiger charge is -2.11. The number of hydrogen-bond donors (Lipinski definition) is 1. The second kappa shape index (κ2) is 6.27. The average Bonchev–Trinajstić information content (AvgIpc) is 3.22. The minimum Gasteiger partial charge on any atom is -0.360 e. The van der Waals surface area contributed by atoms with E-state index in [4.69, 9.17) is 4.52 Å². The molecule has 8 heteroatoms. The number of nitrogens with zero attached hydrogens (tertiary/aromatic N) is 1. The summed E-state index contributed by atoms with van der Waals surface area (Å²) in [5.41, 5.74) is 0.449. The van der Waals surface area contributed by atoms with Crippen LogP contribution in [0.4, 0.5) is 18.9 Å². The van der Waals surface area contributed by atoms with Crippen molar-refractivity contribution in [1.82, 2.24) is 5.16 Å². The van der Waals surface area contributed by atoms with Gasteiger partial charge in [0.2, 0.25) is 0 Å². The topological polar surface area (TPSA) is 55.1 Å². The van der Waals surface area contributed by atoms with Gasteiger partial charge in [0, 0.05) is 16.9 Å². The Bertz CT molecular complexity index is 711. The fraction of sp³-hybridized carbons (Fsp3) is 0.333. The molecule has 0 unspecified atom stereocenters. The summed E-state index contributed by atoms with van der Waals surface area (Å²) in [6.45, 7) is 0. The van der Waals surface area contributed by atoms with E-state index in [1.165, 1.54) is 6.07 Å². The van der Waals surface area contributed by atoms with Gasteiger partial charge in [-0.3, -0.25) is 4.79 Å². The second-order valence-corrected chi connectivity index (χ2v) is 6.26. The zero-order chi connectivity index (χ0) is 16.4. The highest BCUT2D eigenvalue weighted by Crippen LogP contribution is 2.40. The molecular weight excluding hydrogens is 329 g/mol. The van der Waals surface area contributed by atoms with Gasteiger partial charge >= 0.3 is 6.18 Å². The van der Waals surface area contributed by atoms with E-state index in [1.807, 2.05) is 0 Å². The Morgan fingerprint density at radius 1 is 1.35 bits per heavy atom. The van der Waals surface area contributed by atoms with Crippen LogP contribution in [0.15, 0.2) is 39.8 Å². The minimum atomic E-state index is -4.27. The first-order chi connectivity index (χ1) is 10.9. The largest absolute Gasteiger partial charge is 0.398 e. The molecule has 0 saturated heterocycles. The summed E-state index contributed by atoms with van der Waals surface area (Å²) < 4.78 is 42.2.